The molecule has 2 N–H and O–H groups in total. The third kappa shape index (κ3) is 4.70. The summed E-state index contributed by atoms with van der Waals surface area (Å²) in [5.74, 6) is 1.05. The van der Waals surface area contributed by atoms with Crippen molar-refractivity contribution in [2.75, 3.05) is 30.4 Å². The van der Waals surface area contributed by atoms with Crippen molar-refractivity contribution in [2.24, 2.45) is 0 Å². The van der Waals surface area contributed by atoms with E-state index in [1.165, 1.54) is 0 Å². The van der Waals surface area contributed by atoms with Crippen LogP contribution >= 0.6 is 0 Å². The Morgan fingerprint density at radius 1 is 1.29 bits per heavy atom. The van der Waals surface area contributed by atoms with Crippen LogP contribution in [-0.4, -0.2) is 46.9 Å². The largest absolute Gasteiger partial charge is 0.463 e. The lowest BCUT2D eigenvalue weighted by atomic mass is 10.1. The first-order valence-electron chi connectivity index (χ1n) is 7.73. The van der Waals surface area contributed by atoms with Crippen LogP contribution in [0.1, 0.15) is 40.0 Å². The summed E-state index contributed by atoms with van der Waals surface area (Å²) in [6, 6.07) is 0.508. The molecule has 2 heterocycles. The standard InChI is InChI=1S/C14H25N5O2/c1-4-8-21-14-18-12(15-5-2)17-13(19-14)16-10(3)11-7-6-9-20-11/h10-11H,4-9H2,1-3H3,(H2,15,16,17,18,19). The number of nitrogens with zero attached hydrogens (tertiary/aromatic N) is 3. The van der Waals surface area contributed by atoms with E-state index in [1.54, 1.807) is 0 Å². The van der Waals surface area contributed by atoms with Gasteiger partial charge in [0.1, 0.15) is 0 Å². The molecule has 2 unspecified atom stereocenters. The molecular formula is C14H25N5O2. The molecule has 2 atom stereocenters. The van der Waals surface area contributed by atoms with E-state index in [-0.39, 0.29) is 12.1 Å². The van der Waals surface area contributed by atoms with Crippen LogP contribution in [0.25, 0.3) is 0 Å². The van der Waals surface area contributed by atoms with Crippen molar-refractivity contribution >= 4 is 11.9 Å². The summed E-state index contributed by atoms with van der Waals surface area (Å²) in [6.45, 7) is 8.30. The maximum atomic E-state index is 5.68. The third-order valence-corrected chi connectivity index (χ3v) is 3.26. The number of nitrogens with one attached hydrogen (secondary N) is 2. The lowest BCUT2D eigenvalue weighted by Crippen LogP contribution is -2.31. The summed E-state index contributed by atoms with van der Waals surface area (Å²) >= 11 is 0. The molecule has 1 saturated heterocycles. The van der Waals surface area contributed by atoms with E-state index in [0.717, 1.165) is 32.4 Å². The van der Waals surface area contributed by atoms with Gasteiger partial charge >= 0.3 is 6.01 Å². The quantitative estimate of drug-likeness (QED) is 0.759. The van der Waals surface area contributed by atoms with Gasteiger partial charge in [-0.3, -0.25) is 0 Å². The Bertz CT molecular complexity index is 437. The van der Waals surface area contributed by atoms with Crippen molar-refractivity contribution in [2.45, 2.75) is 52.2 Å². The Morgan fingerprint density at radius 2 is 2.10 bits per heavy atom. The Hall–Kier alpha value is -1.63. The molecule has 2 rings (SSSR count). The summed E-state index contributed by atoms with van der Waals surface area (Å²) in [6.07, 6.45) is 3.31. The normalized spacial score (nSPS) is 19.3. The second-order valence-corrected chi connectivity index (χ2v) is 5.13. The summed E-state index contributed by atoms with van der Waals surface area (Å²) < 4.78 is 11.2. The van der Waals surface area contributed by atoms with Crippen LogP contribution in [0.5, 0.6) is 6.01 Å². The highest BCUT2D eigenvalue weighted by Crippen LogP contribution is 2.19. The maximum absolute atomic E-state index is 5.68. The van der Waals surface area contributed by atoms with Crippen molar-refractivity contribution in [1.82, 2.24) is 15.0 Å². The molecule has 0 amide bonds. The third-order valence-electron chi connectivity index (χ3n) is 3.26. The predicted octanol–water partition coefficient (Wildman–Crippen LogP) is 2.07. The van der Waals surface area contributed by atoms with E-state index in [9.17, 15) is 0 Å². The summed E-state index contributed by atoms with van der Waals surface area (Å²) in [5, 5.41) is 6.39. The van der Waals surface area contributed by atoms with Crippen LogP contribution in [0.4, 0.5) is 11.9 Å². The number of anilines is 2. The first kappa shape index (κ1) is 15.8. The summed E-state index contributed by atoms with van der Waals surface area (Å²) in [5.41, 5.74) is 0. The minimum atomic E-state index is 0.156. The number of rotatable bonds is 8. The van der Waals surface area contributed by atoms with Gasteiger partial charge in [0.05, 0.1) is 18.8 Å². The molecule has 1 fully saturated rings. The van der Waals surface area contributed by atoms with Gasteiger partial charge in [-0.05, 0) is 33.1 Å². The molecule has 1 aliphatic rings. The van der Waals surface area contributed by atoms with Crippen LogP contribution in [0, 0.1) is 0 Å². The molecule has 1 aromatic heterocycles. The van der Waals surface area contributed by atoms with E-state index in [0.29, 0.717) is 24.5 Å². The fourth-order valence-electron chi connectivity index (χ4n) is 2.21. The molecule has 1 aliphatic heterocycles. The maximum Gasteiger partial charge on any atom is 0.323 e. The van der Waals surface area contributed by atoms with Gasteiger partial charge in [-0.1, -0.05) is 6.92 Å². The van der Waals surface area contributed by atoms with Gasteiger partial charge in [-0.2, -0.15) is 15.0 Å². The molecule has 21 heavy (non-hydrogen) atoms. The molecule has 0 radical (unpaired) electrons. The molecular weight excluding hydrogens is 270 g/mol. The Morgan fingerprint density at radius 3 is 2.76 bits per heavy atom. The zero-order valence-electron chi connectivity index (χ0n) is 13.1. The van der Waals surface area contributed by atoms with Crippen molar-refractivity contribution in [1.29, 1.82) is 0 Å². The Kier molecular flexibility index (Phi) is 5.98. The topological polar surface area (TPSA) is 81.2 Å². The van der Waals surface area contributed by atoms with Crippen LogP contribution in [0.15, 0.2) is 0 Å². The Labute approximate surface area is 125 Å². The number of ether oxygens (including phenoxy) is 2. The van der Waals surface area contributed by atoms with Gasteiger partial charge in [0, 0.05) is 13.2 Å². The zero-order chi connectivity index (χ0) is 15.1. The van der Waals surface area contributed by atoms with Gasteiger partial charge in [0.25, 0.3) is 0 Å². The van der Waals surface area contributed by atoms with E-state index in [2.05, 4.69) is 32.5 Å². The minimum Gasteiger partial charge on any atom is -0.463 e. The van der Waals surface area contributed by atoms with Crippen molar-refractivity contribution in [3.63, 3.8) is 0 Å². The monoisotopic (exact) mass is 295 g/mol. The minimum absolute atomic E-state index is 0.156. The van der Waals surface area contributed by atoms with Crippen LogP contribution in [0.3, 0.4) is 0 Å². The fraction of sp³-hybridized carbons (Fsp3) is 0.786. The molecule has 0 saturated carbocycles. The average molecular weight is 295 g/mol. The molecule has 7 heteroatoms. The summed E-state index contributed by atoms with van der Waals surface area (Å²) in [7, 11) is 0. The van der Waals surface area contributed by atoms with E-state index in [1.807, 2.05) is 13.8 Å². The van der Waals surface area contributed by atoms with E-state index >= 15 is 0 Å². The number of hydrogen-bond acceptors (Lipinski definition) is 7. The summed E-state index contributed by atoms with van der Waals surface area (Å²) in [4.78, 5) is 12.9. The molecule has 0 aliphatic carbocycles. The number of hydrogen-bond donors (Lipinski definition) is 2. The molecule has 0 aromatic carbocycles. The lowest BCUT2D eigenvalue weighted by molar-refractivity contribution is 0.0994. The smallest absolute Gasteiger partial charge is 0.323 e. The molecule has 7 nitrogen and oxygen atoms in total. The lowest BCUT2D eigenvalue weighted by Gasteiger charge is -2.20. The van der Waals surface area contributed by atoms with Crippen LogP contribution in [0.2, 0.25) is 0 Å². The van der Waals surface area contributed by atoms with Crippen molar-refractivity contribution < 1.29 is 9.47 Å². The van der Waals surface area contributed by atoms with Crippen molar-refractivity contribution in [3.8, 4) is 6.01 Å². The number of aromatic nitrogens is 3. The SMILES string of the molecule is CCCOc1nc(NCC)nc(NC(C)C2CCCO2)n1. The van der Waals surface area contributed by atoms with Crippen molar-refractivity contribution in [3.05, 3.63) is 0 Å². The highest BCUT2D eigenvalue weighted by atomic mass is 16.5. The molecule has 118 valence electrons. The first-order valence-corrected chi connectivity index (χ1v) is 7.73. The van der Waals surface area contributed by atoms with E-state index in [4.69, 9.17) is 9.47 Å². The molecule has 1 aromatic rings. The van der Waals surface area contributed by atoms with Crippen LogP contribution in [-0.2, 0) is 4.74 Å². The fourth-order valence-corrected chi connectivity index (χ4v) is 2.21. The molecule has 0 spiro atoms. The zero-order valence-corrected chi connectivity index (χ0v) is 13.1. The second-order valence-electron chi connectivity index (χ2n) is 5.13. The van der Waals surface area contributed by atoms with Gasteiger partial charge in [-0.25, -0.2) is 0 Å². The van der Waals surface area contributed by atoms with Gasteiger partial charge < -0.3 is 20.1 Å². The first-order chi connectivity index (χ1) is 10.2. The second kappa shape index (κ2) is 7.97. The average Bonchev–Trinajstić information content (AvgIpc) is 2.99. The van der Waals surface area contributed by atoms with Crippen LogP contribution < -0.4 is 15.4 Å². The van der Waals surface area contributed by atoms with Gasteiger partial charge in [0.2, 0.25) is 11.9 Å². The molecule has 0 bridgehead atoms. The highest BCUT2D eigenvalue weighted by Gasteiger charge is 2.23. The highest BCUT2D eigenvalue weighted by molar-refractivity contribution is 5.36. The van der Waals surface area contributed by atoms with Gasteiger partial charge in [0.15, 0.2) is 0 Å². The van der Waals surface area contributed by atoms with Gasteiger partial charge in [-0.15, -0.1) is 0 Å². The predicted molar refractivity (Wildman–Crippen MR) is 81.8 cm³/mol. The Balaban J connectivity index is 2.06. The van der Waals surface area contributed by atoms with E-state index < -0.39 is 0 Å².